The van der Waals surface area contributed by atoms with Crippen molar-refractivity contribution in [2.45, 2.75) is 12.7 Å². The van der Waals surface area contributed by atoms with Gasteiger partial charge >= 0.3 is 6.18 Å². The van der Waals surface area contributed by atoms with Crippen molar-refractivity contribution in [1.82, 2.24) is 9.36 Å². The molecule has 0 atom stereocenters. The van der Waals surface area contributed by atoms with Crippen LogP contribution in [0.5, 0.6) is 0 Å². The lowest BCUT2D eigenvalue weighted by molar-refractivity contribution is -0.138. The predicted octanol–water partition coefficient (Wildman–Crippen LogP) is 3.05. The quantitative estimate of drug-likeness (QED) is 0.769. The minimum atomic E-state index is -4.71. The summed E-state index contributed by atoms with van der Waals surface area (Å²) in [7, 11) is 0. The average Bonchev–Trinajstić information content (AvgIpc) is 2.68. The summed E-state index contributed by atoms with van der Waals surface area (Å²) in [5, 5.41) is 0. The zero-order valence-corrected chi connectivity index (χ0v) is 11.6. The van der Waals surface area contributed by atoms with E-state index in [0.29, 0.717) is 5.69 Å². The minimum Gasteiger partial charge on any atom is -0.273 e. The molecule has 0 N–H and O–H groups in total. The van der Waals surface area contributed by atoms with Gasteiger partial charge in [-0.25, -0.2) is 4.68 Å². The Balaban J connectivity index is 2.68. The number of alkyl halides is 3. The maximum Gasteiger partial charge on any atom is 0.423 e. The van der Waals surface area contributed by atoms with Crippen molar-refractivity contribution in [3.8, 4) is 18.0 Å². The van der Waals surface area contributed by atoms with Crippen LogP contribution in [-0.4, -0.2) is 9.36 Å². The fourth-order valence-electron chi connectivity index (χ4n) is 1.74. The van der Waals surface area contributed by atoms with Crippen molar-refractivity contribution in [2.75, 3.05) is 0 Å². The lowest BCUT2D eigenvalue weighted by Crippen LogP contribution is -2.25. The second-order valence-corrected chi connectivity index (χ2v) is 4.85. The first-order valence-corrected chi connectivity index (χ1v) is 6.23. The second-order valence-electron chi connectivity index (χ2n) is 3.94. The van der Waals surface area contributed by atoms with Gasteiger partial charge in [0.05, 0.1) is 12.2 Å². The van der Waals surface area contributed by atoms with Crippen molar-refractivity contribution in [2.24, 2.45) is 0 Å². The summed E-state index contributed by atoms with van der Waals surface area (Å²) in [6, 6.07) is 6.31. The molecule has 0 bridgehead atoms. The van der Waals surface area contributed by atoms with E-state index in [1.807, 2.05) is 0 Å². The van der Waals surface area contributed by atoms with Crippen molar-refractivity contribution >= 4 is 15.9 Å². The molecule has 0 fully saturated rings. The Morgan fingerprint density at radius 3 is 2.35 bits per heavy atom. The summed E-state index contributed by atoms with van der Waals surface area (Å²) in [6.45, 7) is -0.138. The third-order valence-corrected chi connectivity index (χ3v) is 3.12. The summed E-state index contributed by atoms with van der Waals surface area (Å²) >= 11 is 3.22. The van der Waals surface area contributed by atoms with E-state index in [0.717, 1.165) is 20.0 Å². The van der Waals surface area contributed by atoms with Crippen LogP contribution in [0, 0.1) is 12.3 Å². The van der Waals surface area contributed by atoms with Gasteiger partial charge in [0.25, 0.3) is 5.56 Å². The van der Waals surface area contributed by atoms with E-state index in [1.54, 1.807) is 12.1 Å². The maximum atomic E-state index is 12.8. The Labute approximate surface area is 120 Å². The number of aromatic nitrogens is 2. The van der Waals surface area contributed by atoms with E-state index in [1.165, 1.54) is 12.1 Å². The lowest BCUT2D eigenvalue weighted by atomic mass is 10.3. The van der Waals surface area contributed by atoms with Crippen molar-refractivity contribution in [3.05, 3.63) is 50.9 Å². The molecule has 1 aromatic carbocycles. The molecule has 0 saturated heterocycles. The van der Waals surface area contributed by atoms with Crippen molar-refractivity contribution in [1.29, 1.82) is 0 Å². The van der Waals surface area contributed by atoms with Gasteiger partial charge in [-0.05, 0) is 24.3 Å². The molecule has 0 spiro atoms. The summed E-state index contributed by atoms with van der Waals surface area (Å²) in [5.41, 5.74) is -2.07. The summed E-state index contributed by atoms with van der Waals surface area (Å²) in [5.74, 6) is 2.22. The van der Waals surface area contributed by atoms with Crippen LogP contribution in [0.2, 0.25) is 0 Å². The average molecular weight is 345 g/mol. The fourth-order valence-corrected chi connectivity index (χ4v) is 2.01. The molecule has 0 saturated carbocycles. The Kier molecular flexibility index (Phi) is 3.77. The van der Waals surface area contributed by atoms with Crippen LogP contribution < -0.4 is 5.56 Å². The molecule has 1 heterocycles. The van der Waals surface area contributed by atoms with Crippen LogP contribution in [-0.2, 0) is 12.7 Å². The van der Waals surface area contributed by atoms with Gasteiger partial charge in [-0.1, -0.05) is 21.9 Å². The van der Waals surface area contributed by atoms with E-state index in [4.69, 9.17) is 6.42 Å². The minimum absolute atomic E-state index is 0.138. The molecule has 0 aliphatic rings. The number of terminal acetylenes is 1. The van der Waals surface area contributed by atoms with Gasteiger partial charge in [0.1, 0.15) is 5.56 Å². The van der Waals surface area contributed by atoms with Crippen LogP contribution in [0.4, 0.5) is 13.2 Å². The highest BCUT2D eigenvalue weighted by Crippen LogP contribution is 2.27. The first-order valence-electron chi connectivity index (χ1n) is 5.43. The highest BCUT2D eigenvalue weighted by Gasteiger charge is 2.36. The smallest absolute Gasteiger partial charge is 0.273 e. The first-order chi connectivity index (χ1) is 9.34. The van der Waals surface area contributed by atoms with E-state index >= 15 is 0 Å². The molecule has 104 valence electrons. The molecule has 1 aromatic heterocycles. The first kappa shape index (κ1) is 14.5. The van der Waals surface area contributed by atoms with Gasteiger partial charge in [0.2, 0.25) is 0 Å². The Bertz CT molecular complexity index is 720. The third kappa shape index (κ3) is 2.65. The number of benzene rings is 1. The molecule has 0 aliphatic carbocycles. The monoisotopic (exact) mass is 344 g/mol. The van der Waals surface area contributed by atoms with Gasteiger partial charge in [-0.3, -0.25) is 9.48 Å². The van der Waals surface area contributed by atoms with E-state index in [9.17, 15) is 18.0 Å². The molecule has 2 aromatic rings. The molecule has 3 nitrogen and oxygen atoms in total. The summed E-state index contributed by atoms with van der Waals surface area (Å²) < 4.78 is 41.1. The van der Waals surface area contributed by atoms with Crippen LogP contribution in [0.15, 0.2) is 39.7 Å². The van der Waals surface area contributed by atoms with Gasteiger partial charge in [-0.15, -0.1) is 6.42 Å². The summed E-state index contributed by atoms with van der Waals surface area (Å²) in [6.07, 6.45) is 1.14. The van der Waals surface area contributed by atoms with Gasteiger partial charge in [0, 0.05) is 10.7 Å². The van der Waals surface area contributed by atoms with Crippen molar-refractivity contribution in [3.63, 3.8) is 0 Å². The topological polar surface area (TPSA) is 26.9 Å². The number of hydrogen-bond donors (Lipinski definition) is 0. The second kappa shape index (κ2) is 5.21. The molecule has 0 radical (unpaired) electrons. The SMILES string of the molecule is C#CCn1cc(C(F)(F)F)c(=O)n1-c1ccc(Br)cc1. The molecule has 0 aliphatic heterocycles. The normalized spacial score (nSPS) is 11.3. The summed E-state index contributed by atoms with van der Waals surface area (Å²) in [4.78, 5) is 11.9. The lowest BCUT2D eigenvalue weighted by Gasteiger charge is -2.08. The maximum absolute atomic E-state index is 12.8. The predicted molar refractivity (Wildman–Crippen MR) is 71.6 cm³/mol. The van der Waals surface area contributed by atoms with Crippen LogP contribution in [0.3, 0.4) is 0 Å². The number of nitrogens with zero attached hydrogens (tertiary/aromatic N) is 2. The highest BCUT2D eigenvalue weighted by molar-refractivity contribution is 9.10. The van der Waals surface area contributed by atoms with Crippen LogP contribution in [0.25, 0.3) is 5.69 Å². The Morgan fingerprint density at radius 1 is 1.25 bits per heavy atom. The molecule has 7 heteroatoms. The Morgan fingerprint density at radius 2 is 1.85 bits per heavy atom. The largest absolute Gasteiger partial charge is 0.423 e. The zero-order chi connectivity index (χ0) is 14.9. The number of halogens is 4. The van der Waals surface area contributed by atoms with E-state index in [2.05, 4.69) is 21.9 Å². The molecular formula is C13H8BrF3N2O. The van der Waals surface area contributed by atoms with Crippen LogP contribution >= 0.6 is 15.9 Å². The number of rotatable bonds is 2. The molecular weight excluding hydrogens is 337 g/mol. The van der Waals surface area contributed by atoms with Gasteiger partial charge in [-0.2, -0.15) is 13.2 Å². The molecule has 20 heavy (non-hydrogen) atoms. The molecule has 0 amide bonds. The zero-order valence-electron chi connectivity index (χ0n) is 9.99. The van der Waals surface area contributed by atoms with E-state index < -0.39 is 17.3 Å². The van der Waals surface area contributed by atoms with E-state index in [-0.39, 0.29) is 6.54 Å². The van der Waals surface area contributed by atoms with Gasteiger partial charge < -0.3 is 0 Å². The fraction of sp³-hybridized carbons (Fsp3) is 0.154. The third-order valence-electron chi connectivity index (χ3n) is 2.59. The number of hydrogen-bond acceptors (Lipinski definition) is 1. The molecule has 2 rings (SSSR count). The van der Waals surface area contributed by atoms with Crippen LogP contribution in [0.1, 0.15) is 5.56 Å². The standard InChI is InChI=1S/C13H8BrF3N2O/c1-2-7-18-8-11(13(15,16)17)12(20)19(18)10-5-3-9(14)4-6-10/h1,3-6,8H,7H2. The van der Waals surface area contributed by atoms with Gasteiger partial charge in [0.15, 0.2) is 0 Å². The Hall–Kier alpha value is -1.94. The molecule has 0 unspecified atom stereocenters. The van der Waals surface area contributed by atoms with Crippen molar-refractivity contribution < 1.29 is 13.2 Å². The highest BCUT2D eigenvalue weighted by atomic mass is 79.9.